The lowest BCUT2D eigenvalue weighted by Gasteiger charge is -2.39. The Hall–Kier alpha value is -3.48. The maximum atomic E-state index is 11.0. The molecule has 0 radical (unpaired) electrons. The van der Waals surface area contributed by atoms with Crippen LogP contribution >= 0.6 is 0 Å². The maximum absolute atomic E-state index is 11.0. The third-order valence-corrected chi connectivity index (χ3v) is 6.18. The Kier molecular flexibility index (Phi) is 5.02. The number of fused-ring (bicyclic) bond motifs is 3. The summed E-state index contributed by atoms with van der Waals surface area (Å²) in [5, 5.41) is 13.2. The summed E-state index contributed by atoms with van der Waals surface area (Å²) < 4.78 is 0. The minimum absolute atomic E-state index is 0.0730. The zero-order chi connectivity index (χ0) is 21.4. The smallest absolute Gasteiger partial charge is 0.270 e. The Labute approximate surface area is 181 Å². The van der Waals surface area contributed by atoms with E-state index in [0.29, 0.717) is 5.70 Å². The van der Waals surface area contributed by atoms with Crippen molar-refractivity contribution in [2.24, 2.45) is 0 Å². The van der Waals surface area contributed by atoms with Gasteiger partial charge in [0.1, 0.15) is 0 Å². The van der Waals surface area contributed by atoms with Crippen LogP contribution in [-0.2, 0) is 0 Å². The minimum Gasteiger partial charge on any atom is -0.319 e. The first-order chi connectivity index (χ1) is 15.1. The number of hydrogen-bond acceptors (Lipinski definition) is 5. The molecular formula is C25H24N4O2. The molecule has 1 aliphatic carbocycles. The van der Waals surface area contributed by atoms with Gasteiger partial charge in [-0.05, 0) is 22.3 Å². The molecule has 1 N–H and O–H groups in total. The number of piperazine rings is 1. The summed E-state index contributed by atoms with van der Waals surface area (Å²) in [6.07, 6.45) is 0. The lowest BCUT2D eigenvalue weighted by atomic mass is 10.0. The van der Waals surface area contributed by atoms with Gasteiger partial charge in [-0.25, -0.2) is 5.01 Å². The van der Waals surface area contributed by atoms with Gasteiger partial charge in [-0.15, -0.1) is 0 Å². The van der Waals surface area contributed by atoms with Crippen molar-refractivity contribution in [3.8, 4) is 11.1 Å². The van der Waals surface area contributed by atoms with E-state index in [9.17, 15) is 10.1 Å². The summed E-state index contributed by atoms with van der Waals surface area (Å²) in [7, 11) is 0. The van der Waals surface area contributed by atoms with Crippen molar-refractivity contribution < 1.29 is 4.92 Å². The van der Waals surface area contributed by atoms with Crippen LogP contribution in [-0.4, -0.2) is 41.0 Å². The van der Waals surface area contributed by atoms with Crippen LogP contribution in [0.25, 0.3) is 16.8 Å². The summed E-state index contributed by atoms with van der Waals surface area (Å²) in [4.78, 5) is 13.2. The molecule has 0 unspecified atom stereocenters. The van der Waals surface area contributed by atoms with Crippen LogP contribution in [0.5, 0.6) is 0 Å². The molecule has 6 heteroatoms. The molecule has 2 aliphatic rings. The Morgan fingerprint density at radius 2 is 1.52 bits per heavy atom. The van der Waals surface area contributed by atoms with Crippen molar-refractivity contribution in [3.05, 3.63) is 106 Å². The predicted molar refractivity (Wildman–Crippen MR) is 122 cm³/mol. The molecule has 0 saturated carbocycles. The van der Waals surface area contributed by atoms with Gasteiger partial charge in [-0.3, -0.25) is 15.0 Å². The quantitative estimate of drug-likeness (QED) is 0.495. The Bertz CT molecular complexity index is 1110. The number of hydrazine groups is 1. The number of nitro groups is 1. The first-order valence-electron chi connectivity index (χ1n) is 10.5. The number of non-ortho nitro benzene ring substituents is 1. The SMILES string of the molecule is C=C(NN1CCN(C2c3ccccc3-c3ccccc32)CC1)c1cccc([N+](=O)[O-])c1. The average molecular weight is 412 g/mol. The topological polar surface area (TPSA) is 61.6 Å². The molecule has 1 fully saturated rings. The fourth-order valence-electron chi connectivity index (χ4n) is 4.68. The van der Waals surface area contributed by atoms with Crippen molar-refractivity contribution in [2.75, 3.05) is 26.2 Å². The lowest BCUT2D eigenvalue weighted by molar-refractivity contribution is -0.384. The molecular weight excluding hydrogens is 388 g/mol. The molecule has 3 aromatic rings. The standard InChI is InChI=1S/C25H24N4O2/c1-18(19-7-6-8-20(17-19)29(30)31)26-28-15-13-27(14-16-28)25-23-11-4-2-9-21(23)22-10-3-5-12-24(22)25/h2-12,17,25-26H,1,13-16H2. The molecule has 0 amide bonds. The number of nitrogens with zero attached hydrogens (tertiary/aromatic N) is 3. The zero-order valence-corrected chi connectivity index (χ0v) is 17.2. The molecule has 0 aromatic heterocycles. The Balaban J connectivity index is 1.28. The van der Waals surface area contributed by atoms with Crippen LogP contribution in [0.2, 0.25) is 0 Å². The first-order valence-corrected chi connectivity index (χ1v) is 10.5. The molecule has 0 spiro atoms. The molecule has 5 rings (SSSR count). The second-order valence-electron chi connectivity index (χ2n) is 8.00. The second kappa shape index (κ2) is 7.98. The van der Waals surface area contributed by atoms with E-state index in [1.54, 1.807) is 12.1 Å². The largest absolute Gasteiger partial charge is 0.319 e. The van der Waals surface area contributed by atoms with Crippen LogP contribution in [0.3, 0.4) is 0 Å². The van der Waals surface area contributed by atoms with Crippen molar-refractivity contribution in [3.63, 3.8) is 0 Å². The van der Waals surface area contributed by atoms with Crippen LogP contribution in [0, 0.1) is 10.1 Å². The fraction of sp³-hybridized carbons (Fsp3) is 0.200. The Morgan fingerprint density at radius 1 is 0.903 bits per heavy atom. The third kappa shape index (κ3) is 3.60. The van der Waals surface area contributed by atoms with E-state index in [0.717, 1.165) is 31.7 Å². The molecule has 156 valence electrons. The van der Waals surface area contributed by atoms with Crippen molar-refractivity contribution in [2.45, 2.75) is 6.04 Å². The van der Waals surface area contributed by atoms with Crippen LogP contribution in [0.15, 0.2) is 79.4 Å². The van der Waals surface area contributed by atoms with Gasteiger partial charge >= 0.3 is 0 Å². The minimum atomic E-state index is -0.382. The molecule has 31 heavy (non-hydrogen) atoms. The lowest BCUT2D eigenvalue weighted by Crippen LogP contribution is -2.51. The molecule has 3 aromatic carbocycles. The van der Waals surface area contributed by atoms with E-state index < -0.39 is 0 Å². The highest BCUT2D eigenvalue weighted by atomic mass is 16.6. The van der Waals surface area contributed by atoms with E-state index in [-0.39, 0.29) is 16.7 Å². The van der Waals surface area contributed by atoms with Crippen LogP contribution in [0.4, 0.5) is 5.69 Å². The van der Waals surface area contributed by atoms with E-state index in [4.69, 9.17) is 0 Å². The normalized spacial score (nSPS) is 16.5. The van der Waals surface area contributed by atoms with E-state index >= 15 is 0 Å². The monoisotopic (exact) mass is 412 g/mol. The Morgan fingerprint density at radius 3 is 2.13 bits per heavy atom. The highest BCUT2D eigenvalue weighted by molar-refractivity contribution is 5.78. The molecule has 6 nitrogen and oxygen atoms in total. The molecule has 0 bridgehead atoms. The molecule has 1 aliphatic heterocycles. The summed E-state index contributed by atoms with van der Waals surface area (Å²) in [6.45, 7) is 7.61. The number of nitro benzene ring substituents is 1. The van der Waals surface area contributed by atoms with Gasteiger partial charge in [0.05, 0.1) is 11.0 Å². The number of rotatable bonds is 5. The maximum Gasteiger partial charge on any atom is 0.270 e. The average Bonchev–Trinajstić information content (AvgIpc) is 3.14. The van der Waals surface area contributed by atoms with Crippen molar-refractivity contribution in [1.29, 1.82) is 0 Å². The number of benzene rings is 3. The van der Waals surface area contributed by atoms with Gasteiger partial charge in [-0.2, -0.15) is 0 Å². The van der Waals surface area contributed by atoms with Gasteiger partial charge < -0.3 is 5.43 Å². The summed E-state index contributed by atoms with van der Waals surface area (Å²) in [6, 6.07) is 24.3. The first kappa shape index (κ1) is 19.5. The second-order valence-corrected chi connectivity index (χ2v) is 8.00. The van der Waals surface area contributed by atoms with Gasteiger partial charge in [0, 0.05) is 49.6 Å². The predicted octanol–water partition coefficient (Wildman–Crippen LogP) is 4.46. The van der Waals surface area contributed by atoms with Crippen molar-refractivity contribution in [1.82, 2.24) is 15.3 Å². The van der Waals surface area contributed by atoms with Gasteiger partial charge in [0.15, 0.2) is 0 Å². The molecule has 0 atom stereocenters. The zero-order valence-electron chi connectivity index (χ0n) is 17.2. The van der Waals surface area contributed by atoms with Gasteiger partial charge in [0.25, 0.3) is 5.69 Å². The molecule has 1 heterocycles. The molecule has 1 saturated heterocycles. The van der Waals surface area contributed by atoms with Gasteiger partial charge in [-0.1, -0.05) is 67.2 Å². The van der Waals surface area contributed by atoms with E-state index in [1.165, 1.54) is 28.3 Å². The van der Waals surface area contributed by atoms with E-state index in [2.05, 4.69) is 70.4 Å². The van der Waals surface area contributed by atoms with Gasteiger partial charge in [0.2, 0.25) is 0 Å². The van der Waals surface area contributed by atoms with E-state index in [1.807, 2.05) is 6.07 Å². The summed E-state index contributed by atoms with van der Waals surface area (Å²) in [5.74, 6) is 0. The van der Waals surface area contributed by atoms with Crippen LogP contribution in [0.1, 0.15) is 22.7 Å². The number of nitrogens with one attached hydrogen (secondary N) is 1. The van der Waals surface area contributed by atoms with Crippen molar-refractivity contribution >= 4 is 11.4 Å². The van der Waals surface area contributed by atoms with Crippen LogP contribution < -0.4 is 5.43 Å². The third-order valence-electron chi connectivity index (χ3n) is 6.18. The highest BCUT2D eigenvalue weighted by Gasteiger charge is 2.34. The summed E-state index contributed by atoms with van der Waals surface area (Å²) >= 11 is 0. The number of hydrogen-bond donors (Lipinski definition) is 1. The fourth-order valence-corrected chi connectivity index (χ4v) is 4.68. The highest BCUT2D eigenvalue weighted by Crippen LogP contribution is 2.46. The summed E-state index contributed by atoms with van der Waals surface area (Å²) in [5.41, 5.74) is 10.3.